The number of hydrogen-bond donors (Lipinski definition) is 3. The number of carbonyl (C=O) groups is 2. The highest BCUT2D eigenvalue weighted by Crippen LogP contribution is 2.17. The van der Waals surface area contributed by atoms with Crippen molar-refractivity contribution < 1.29 is 19.1 Å². The van der Waals surface area contributed by atoms with Crippen molar-refractivity contribution in [1.82, 2.24) is 5.32 Å². The number of anilines is 1. The number of carboxylic acid groups (broad SMARTS) is 1. The van der Waals surface area contributed by atoms with E-state index in [1.54, 1.807) is 6.92 Å². The molecule has 0 aliphatic heterocycles. The molecular formula is C13H17FN2O3. The third-order valence-electron chi connectivity index (χ3n) is 2.62. The molecule has 0 radical (unpaired) electrons. The molecule has 1 aromatic carbocycles. The summed E-state index contributed by atoms with van der Waals surface area (Å²) in [6.45, 7) is 4.83. The van der Waals surface area contributed by atoms with Crippen molar-refractivity contribution in [1.29, 1.82) is 0 Å². The fourth-order valence-corrected chi connectivity index (χ4v) is 1.46. The van der Waals surface area contributed by atoms with Gasteiger partial charge in [-0.2, -0.15) is 0 Å². The minimum atomic E-state index is -1.17. The molecule has 0 aromatic heterocycles. The van der Waals surface area contributed by atoms with Gasteiger partial charge in [-0.3, -0.25) is 4.79 Å². The number of rotatable bonds is 6. The maximum Gasteiger partial charge on any atom is 0.335 e. The largest absolute Gasteiger partial charge is 0.478 e. The highest BCUT2D eigenvalue weighted by Gasteiger charge is 2.15. The van der Waals surface area contributed by atoms with Crippen molar-refractivity contribution in [3.63, 3.8) is 0 Å². The summed E-state index contributed by atoms with van der Waals surface area (Å²) >= 11 is 0. The molecule has 0 bridgehead atoms. The lowest BCUT2D eigenvalue weighted by Crippen LogP contribution is -2.30. The first kappa shape index (κ1) is 15.1. The fraction of sp³-hybridized carbons (Fsp3) is 0.385. The molecule has 1 unspecified atom stereocenters. The molecule has 3 N–H and O–H groups in total. The molecule has 0 heterocycles. The van der Waals surface area contributed by atoms with Crippen LogP contribution in [-0.4, -0.2) is 30.1 Å². The average Bonchev–Trinajstić information content (AvgIpc) is 2.38. The van der Waals surface area contributed by atoms with Crippen LogP contribution < -0.4 is 10.6 Å². The summed E-state index contributed by atoms with van der Waals surface area (Å²) in [6.07, 6.45) is 0. The first-order chi connectivity index (χ1) is 8.95. The Morgan fingerprint density at radius 1 is 1.42 bits per heavy atom. The monoisotopic (exact) mass is 268 g/mol. The summed E-state index contributed by atoms with van der Waals surface area (Å²) in [5, 5.41) is 14.2. The zero-order valence-corrected chi connectivity index (χ0v) is 10.9. The Balaban J connectivity index is 2.78. The van der Waals surface area contributed by atoms with E-state index in [1.807, 2.05) is 6.92 Å². The molecule has 1 rings (SSSR count). The van der Waals surface area contributed by atoms with E-state index in [-0.39, 0.29) is 23.1 Å². The van der Waals surface area contributed by atoms with Gasteiger partial charge in [0.2, 0.25) is 5.91 Å². The fourth-order valence-electron chi connectivity index (χ4n) is 1.46. The number of nitrogens with one attached hydrogen (secondary N) is 2. The predicted octanol–water partition coefficient (Wildman–Crippen LogP) is 1.71. The smallest absolute Gasteiger partial charge is 0.335 e. The molecule has 6 heteroatoms. The van der Waals surface area contributed by atoms with Crippen LogP contribution in [0, 0.1) is 11.7 Å². The highest BCUT2D eigenvalue weighted by molar-refractivity contribution is 5.95. The summed E-state index contributed by atoms with van der Waals surface area (Å²) in [7, 11) is 0. The molecule has 0 aliphatic carbocycles. The van der Waals surface area contributed by atoms with Crippen molar-refractivity contribution in [2.75, 3.05) is 18.4 Å². The first-order valence-electron chi connectivity index (χ1n) is 6.00. The van der Waals surface area contributed by atoms with Gasteiger partial charge in [0.05, 0.1) is 11.3 Å². The molecule has 0 spiro atoms. The lowest BCUT2D eigenvalue weighted by atomic mass is 10.1. The van der Waals surface area contributed by atoms with Crippen molar-refractivity contribution >= 4 is 17.6 Å². The zero-order chi connectivity index (χ0) is 14.4. The summed E-state index contributed by atoms with van der Waals surface area (Å²) < 4.78 is 13.5. The van der Waals surface area contributed by atoms with E-state index >= 15 is 0 Å². The lowest BCUT2D eigenvalue weighted by molar-refractivity contribution is -0.119. The number of aromatic carboxylic acids is 1. The molecule has 0 saturated carbocycles. The molecule has 1 atom stereocenters. The maximum absolute atomic E-state index is 13.5. The van der Waals surface area contributed by atoms with Gasteiger partial charge in [-0.25, -0.2) is 9.18 Å². The maximum atomic E-state index is 13.5. The predicted molar refractivity (Wildman–Crippen MR) is 69.7 cm³/mol. The summed E-state index contributed by atoms with van der Waals surface area (Å²) in [5.41, 5.74) is -0.190. The Labute approximate surface area is 110 Å². The van der Waals surface area contributed by atoms with Crippen molar-refractivity contribution in [2.45, 2.75) is 13.8 Å². The third-order valence-corrected chi connectivity index (χ3v) is 2.62. The molecular weight excluding hydrogens is 251 g/mol. The van der Waals surface area contributed by atoms with E-state index in [0.29, 0.717) is 6.54 Å². The van der Waals surface area contributed by atoms with Crippen LogP contribution >= 0.6 is 0 Å². The number of carboxylic acids is 1. The van der Waals surface area contributed by atoms with Gasteiger partial charge in [-0.1, -0.05) is 13.8 Å². The Morgan fingerprint density at radius 2 is 2.11 bits per heavy atom. The topological polar surface area (TPSA) is 78.4 Å². The van der Waals surface area contributed by atoms with Crippen LogP contribution in [0.2, 0.25) is 0 Å². The molecule has 0 fully saturated rings. The van der Waals surface area contributed by atoms with Crippen LogP contribution in [0.1, 0.15) is 24.2 Å². The lowest BCUT2D eigenvalue weighted by Gasteiger charge is -2.13. The van der Waals surface area contributed by atoms with Crippen molar-refractivity contribution in [2.24, 2.45) is 5.92 Å². The molecule has 19 heavy (non-hydrogen) atoms. The quantitative estimate of drug-likeness (QED) is 0.734. The van der Waals surface area contributed by atoms with Crippen LogP contribution in [0.15, 0.2) is 18.2 Å². The molecule has 5 nitrogen and oxygen atoms in total. The Kier molecular flexibility index (Phi) is 5.44. The van der Waals surface area contributed by atoms with Gasteiger partial charge in [0.25, 0.3) is 0 Å². The van der Waals surface area contributed by atoms with Gasteiger partial charge in [0.1, 0.15) is 5.82 Å². The number of hydrogen-bond acceptors (Lipinski definition) is 3. The van der Waals surface area contributed by atoms with Gasteiger partial charge >= 0.3 is 5.97 Å². The molecule has 1 aromatic rings. The van der Waals surface area contributed by atoms with Gasteiger partial charge in [0, 0.05) is 12.5 Å². The van der Waals surface area contributed by atoms with Gasteiger partial charge < -0.3 is 15.7 Å². The van der Waals surface area contributed by atoms with Crippen molar-refractivity contribution in [3.05, 3.63) is 29.6 Å². The standard InChI is InChI=1S/C13H17FN2O3/c1-3-15-7-8(2)12(17)16-11-6-9(13(18)19)4-5-10(11)14/h4-6,8,15H,3,7H2,1-2H3,(H,16,17)(H,18,19). The van der Waals surface area contributed by atoms with E-state index in [1.165, 1.54) is 0 Å². The molecule has 0 saturated heterocycles. The second kappa shape index (κ2) is 6.84. The Bertz CT molecular complexity index is 477. The number of amides is 1. The zero-order valence-electron chi connectivity index (χ0n) is 10.9. The average molecular weight is 268 g/mol. The summed E-state index contributed by atoms with van der Waals surface area (Å²) in [6, 6.07) is 3.28. The Hall–Kier alpha value is -1.95. The normalized spacial score (nSPS) is 11.9. The van der Waals surface area contributed by atoms with Crippen LogP contribution in [-0.2, 0) is 4.79 Å². The van der Waals surface area contributed by atoms with E-state index in [2.05, 4.69) is 10.6 Å². The van der Waals surface area contributed by atoms with Gasteiger partial charge in [-0.15, -0.1) is 0 Å². The van der Waals surface area contributed by atoms with Crippen LogP contribution in [0.4, 0.5) is 10.1 Å². The van der Waals surface area contributed by atoms with Crippen LogP contribution in [0.3, 0.4) is 0 Å². The number of halogens is 1. The highest BCUT2D eigenvalue weighted by atomic mass is 19.1. The second-order valence-corrected chi connectivity index (χ2v) is 4.20. The van der Waals surface area contributed by atoms with E-state index < -0.39 is 11.8 Å². The number of benzene rings is 1. The molecule has 0 aliphatic rings. The van der Waals surface area contributed by atoms with Crippen LogP contribution in [0.25, 0.3) is 0 Å². The van der Waals surface area contributed by atoms with Gasteiger partial charge in [-0.05, 0) is 24.7 Å². The third kappa shape index (κ3) is 4.33. The van der Waals surface area contributed by atoms with E-state index in [4.69, 9.17) is 5.11 Å². The second-order valence-electron chi connectivity index (χ2n) is 4.20. The van der Waals surface area contributed by atoms with Crippen LogP contribution in [0.5, 0.6) is 0 Å². The minimum Gasteiger partial charge on any atom is -0.478 e. The van der Waals surface area contributed by atoms with E-state index in [9.17, 15) is 14.0 Å². The Morgan fingerprint density at radius 3 is 2.68 bits per heavy atom. The molecule has 104 valence electrons. The summed E-state index contributed by atoms with van der Waals surface area (Å²) in [5.74, 6) is -2.53. The van der Waals surface area contributed by atoms with E-state index in [0.717, 1.165) is 24.7 Å². The summed E-state index contributed by atoms with van der Waals surface area (Å²) in [4.78, 5) is 22.6. The van der Waals surface area contributed by atoms with Gasteiger partial charge in [0.15, 0.2) is 0 Å². The van der Waals surface area contributed by atoms with Crippen molar-refractivity contribution in [3.8, 4) is 0 Å². The SMILES string of the molecule is CCNCC(C)C(=O)Nc1cc(C(=O)O)ccc1F. The minimum absolute atomic E-state index is 0.0731. The molecule has 1 amide bonds. The number of carbonyl (C=O) groups excluding carboxylic acids is 1. The first-order valence-corrected chi connectivity index (χ1v) is 6.00.